The fraction of sp³-hybridized carbons (Fsp3) is 0.0500. The molecule has 0 fully saturated rings. The van der Waals surface area contributed by atoms with Gasteiger partial charge in [0.15, 0.2) is 0 Å². The molecule has 25 heavy (non-hydrogen) atoms. The third-order valence-corrected chi connectivity index (χ3v) is 4.54. The number of aromatic nitrogens is 1. The minimum atomic E-state index is -1.22. The van der Waals surface area contributed by atoms with Gasteiger partial charge in [0.2, 0.25) is 0 Å². The summed E-state index contributed by atoms with van der Waals surface area (Å²) < 4.78 is 0. The molecule has 1 heterocycles. The van der Waals surface area contributed by atoms with E-state index in [2.05, 4.69) is 11.1 Å². The van der Waals surface area contributed by atoms with Gasteiger partial charge in [0.25, 0.3) is 0 Å². The largest absolute Gasteiger partial charge is 0.545 e. The Morgan fingerprint density at radius 1 is 1.16 bits per heavy atom. The average molecular weight is 345 g/mol. The van der Waals surface area contributed by atoms with Crippen LogP contribution in [-0.4, -0.2) is 11.0 Å². The van der Waals surface area contributed by atoms with E-state index in [1.165, 1.54) is 29.0 Å². The summed E-state index contributed by atoms with van der Waals surface area (Å²) in [6.07, 6.45) is 1.69. The minimum Gasteiger partial charge on any atom is -0.545 e. The van der Waals surface area contributed by atoms with Crippen LogP contribution in [0.1, 0.15) is 26.5 Å². The van der Waals surface area contributed by atoms with Gasteiger partial charge in [-0.2, -0.15) is 5.26 Å². The van der Waals surface area contributed by atoms with Gasteiger partial charge >= 0.3 is 0 Å². The number of hydrogen-bond donors (Lipinski definition) is 0. The first-order valence-electron chi connectivity index (χ1n) is 7.53. The van der Waals surface area contributed by atoms with E-state index in [1.54, 1.807) is 18.2 Å². The van der Waals surface area contributed by atoms with Crippen LogP contribution in [-0.2, 0) is 0 Å². The van der Waals surface area contributed by atoms with Crippen LogP contribution in [0, 0.1) is 18.3 Å². The molecular formula is C20H13N2O2S-. The van der Waals surface area contributed by atoms with E-state index in [1.807, 2.05) is 36.6 Å². The van der Waals surface area contributed by atoms with Crippen molar-refractivity contribution in [3.63, 3.8) is 0 Å². The first-order valence-corrected chi connectivity index (χ1v) is 8.41. The lowest BCUT2D eigenvalue weighted by molar-refractivity contribution is -0.255. The van der Waals surface area contributed by atoms with Gasteiger partial charge in [0.05, 0.1) is 17.2 Å². The first kappa shape index (κ1) is 16.6. The Labute approximate surface area is 149 Å². The predicted molar refractivity (Wildman–Crippen MR) is 96.5 cm³/mol. The number of carbonyl (C=O) groups excluding carboxylic acids is 1. The van der Waals surface area contributed by atoms with Crippen LogP contribution in [0.15, 0.2) is 53.9 Å². The number of carboxylic acid groups (broad SMARTS) is 1. The zero-order chi connectivity index (χ0) is 17.8. The molecule has 0 aliphatic heterocycles. The Balaban J connectivity index is 1.90. The zero-order valence-corrected chi connectivity index (χ0v) is 14.2. The fourth-order valence-electron chi connectivity index (χ4n) is 2.28. The number of nitrogens with zero attached hydrogens (tertiary/aromatic N) is 2. The van der Waals surface area contributed by atoms with Crippen molar-refractivity contribution in [1.82, 2.24) is 4.98 Å². The van der Waals surface area contributed by atoms with Gasteiger partial charge in [-0.3, -0.25) is 0 Å². The molecular weight excluding hydrogens is 332 g/mol. The molecule has 0 N–H and O–H groups in total. The number of carbonyl (C=O) groups is 1. The van der Waals surface area contributed by atoms with Gasteiger partial charge in [0.1, 0.15) is 11.1 Å². The molecule has 122 valence electrons. The number of carboxylic acids is 1. The van der Waals surface area contributed by atoms with Crippen molar-refractivity contribution >= 4 is 29.0 Å². The maximum atomic E-state index is 10.8. The molecule has 0 aliphatic rings. The second-order valence-corrected chi connectivity index (χ2v) is 6.34. The number of benzene rings is 2. The number of aromatic carboxylic acids is 1. The second-order valence-electron chi connectivity index (χ2n) is 5.48. The number of allylic oxidation sites excluding steroid dienone is 1. The molecule has 3 aromatic rings. The summed E-state index contributed by atoms with van der Waals surface area (Å²) >= 11 is 1.40. The number of rotatable bonds is 4. The number of hydrogen-bond acceptors (Lipinski definition) is 5. The van der Waals surface area contributed by atoms with Crippen LogP contribution in [0.25, 0.3) is 22.9 Å². The molecule has 0 saturated carbocycles. The van der Waals surface area contributed by atoms with E-state index in [9.17, 15) is 15.2 Å². The molecule has 5 heteroatoms. The lowest BCUT2D eigenvalue weighted by Gasteiger charge is -2.02. The molecule has 0 atom stereocenters. The summed E-state index contributed by atoms with van der Waals surface area (Å²) in [6.45, 7) is 2.03. The van der Waals surface area contributed by atoms with Crippen LogP contribution in [0.5, 0.6) is 0 Å². The Kier molecular flexibility index (Phi) is 4.73. The number of aryl methyl sites for hydroxylation is 1. The highest BCUT2D eigenvalue weighted by molar-refractivity contribution is 7.11. The summed E-state index contributed by atoms with van der Waals surface area (Å²) in [5.74, 6) is -1.22. The lowest BCUT2D eigenvalue weighted by atomic mass is 10.1. The molecule has 2 aromatic carbocycles. The SMILES string of the molecule is Cc1ccc(-c2csc(/C(C#N)=C/c3ccc(C(=O)[O-])cc3)n2)cc1. The number of thiazole rings is 1. The highest BCUT2D eigenvalue weighted by Gasteiger charge is 2.09. The van der Waals surface area contributed by atoms with Crippen molar-refractivity contribution in [1.29, 1.82) is 5.26 Å². The molecule has 3 rings (SSSR count). The van der Waals surface area contributed by atoms with Crippen LogP contribution < -0.4 is 5.11 Å². The molecule has 0 saturated heterocycles. The van der Waals surface area contributed by atoms with Gasteiger partial charge in [0, 0.05) is 10.9 Å². The van der Waals surface area contributed by atoms with Crippen molar-refractivity contribution < 1.29 is 9.90 Å². The topological polar surface area (TPSA) is 76.8 Å². The van der Waals surface area contributed by atoms with Crippen LogP contribution in [0.3, 0.4) is 0 Å². The van der Waals surface area contributed by atoms with Crippen molar-refractivity contribution in [2.75, 3.05) is 0 Å². The van der Waals surface area contributed by atoms with Crippen LogP contribution in [0.4, 0.5) is 0 Å². The monoisotopic (exact) mass is 345 g/mol. The second kappa shape index (κ2) is 7.12. The van der Waals surface area contributed by atoms with Gasteiger partial charge < -0.3 is 9.90 Å². The summed E-state index contributed by atoms with van der Waals surface area (Å²) in [5, 5.41) is 22.8. The van der Waals surface area contributed by atoms with E-state index < -0.39 is 5.97 Å². The summed E-state index contributed by atoms with van der Waals surface area (Å²) in [4.78, 5) is 15.3. The van der Waals surface area contributed by atoms with Gasteiger partial charge in [-0.05, 0) is 24.1 Å². The summed E-state index contributed by atoms with van der Waals surface area (Å²) in [5.41, 5.74) is 4.28. The van der Waals surface area contributed by atoms with Crippen molar-refractivity contribution in [3.05, 3.63) is 75.6 Å². The first-order chi connectivity index (χ1) is 12.1. The van der Waals surface area contributed by atoms with Crippen molar-refractivity contribution in [2.45, 2.75) is 6.92 Å². The van der Waals surface area contributed by atoms with Crippen molar-refractivity contribution in [2.24, 2.45) is 0 Å². The molecule has 0 bridgehead atoms. The summed E-state index contributed by atoms with van der Waals surface area (Å²) in [6, 6.07) is 16.4. The fourth-order valence-corrected chi connectivity index (χ4v) is 3.07. The predicted octanol–water partition coefficient (Wildman–Crippen LogP) is 3.55. The molecule has 0 unspecified atom stereocenters. The minimum absolute atomic E-state index is 0.103. The number of nitriles is 1. The van der Waals surface area contributed by atoms with E-state index >= 15 is 0 Å². The maximum Gasteiger partial charge on any atom is 0.134 e. The molecule has 0 amide bonds. The Bertz CT molecular complexity index is 978. The average Bonchev–Trinajstić information content (AvgIpc) is 3.10. The molecule has 0 radical (unpaired) electrons. The molecule has 0 aliphatic carbocycles. The Hall–Kier alpha value is -3.23. The standard InChI is InChI=1S/C20H14N2O2S/c1-13-2-6-15(7-3-13)18-12-25-19(22-18)17(11-21)10-14-4-8-16(9-5-14)20(23)24/h2-10,12H,1H3,(H,23,24)/p-1/b17-10+. The third kappa shape index (κ3) is 3.82. The maximum absolute atomic E-state index is 10.8. The van der Waals surface area contributed by atoms with Gasteiger partial charge in [-0.1, -0.05) is 54.1 Å². The quantitative estimate of drug-likeness (QED) is 0.678. The highest BCUT2D eigenvalue weighted by atomic mass is 32.1. The normalized spacial score (nSPS) is 11.1. The highest BCUT2D eigenvalue weighted by Crippen LogP contribution is 2.27. The van der Waals surface area contributed by atoms with E-state index in [0.717, 1.165) is 16.8 Å². The van der Waals surface area contributed by atoms with E-state index in [0.29, 0.717) is 10.6 Å². The van der Waals surface area contributed by atoms with Gasteiger partial charge in [-0.15, -0.1) is 11.3 Å². The Morgan fingerprint density at radius 3 is 2.44 bits per heavy atom. The molecule has 1 aromatic heterocycles. The molecule has 4 nitrogen and oxygen atoms in total. The van der Waals surface area contributed by atoms with Gasteiger partial charge in [-0.25, -0.2) is 4.98 Å². The summed E-state index contributed by atoms with van der Waals surface area (Å²) in [7, 11) is 0. The van der Waals surface area contributed by atoms with E-state index in [-0.39, 0.29) is 5.56 Å². The van der Waals surface area contributed by atoms with Crippen molar-refractivity contribution in [3.8, 4) is 17.3 Å². The van der Waals surface area contributed by atoms with Crippen LogP contribution in [0.2, 0.25) is 0 Å². The lowest BCUT2D eigenvalue weighted by Crippen LogP contribution is -2.21. The Morgan fingerprint density at radius 2 is 1.84 bits per heavy atom. The molecule has 0 spiro atoms. The van der Waals surface area contributed by atoms with E-state index in [4.69, 9.17) is 0 Å². The third-order valence-electron chi connectivity index (χ3n) is 3.66. The zero-order valence-electron chi connectivity index (χ0n) is 13.4. The smallest absolute Gasteiger partial charge is 0.134 e. The van der Waals surface area contributed by atoms with Crippen LogP contribution >= 0.6 is 11.3 Å².